The number of methoxy groups -OCH3 is 1. The summed E-state index contributed by atoms with van der Waals surface area (Å²) in [6.07, 6.45) is 1.86. The summed E-state index contributed by atoms with van der Waals surface area (Å²) in [6.45, 7) is 4.59. The Morgan fingerprint density at radius 1 is 1.44 bits per heavy atom. The fourth-order valence-electron chi connectivity index (χ4n) is 3.29. The van der Waals surface area contributed by atoms with E-state index in [9.17, 15) is 4.79 Å². The fourth-order valence-corrected chi connectivity index (χ4v) is 3.42. The van der Waals surface area contributed by atoms with Crippen LogP contribution < -0.4 is 5.32 Å². The van der Waals surface area contributed by atoms with E-state index in [1.807, 2.05) is 19.1 Å². The van der Waals surface area contributed by atoms with Gasteiger partial charge in [-0.05, 0) is 50.6 Å². The molecule has 1 saturated heterocycles. The summed E-state index contributed by atoms with van der Waals surface area (Å²) < 4.78 is 10.5. The van der Waals surface area contributed by atoms with Crippen LogP contribution in [0.5, 0.6) is 0 Å². The van der Waals surface area contributed by atoms with E-state index < -0.39 is 0 Å². The van der Waals surface area contributed by atoms with E-state index in [1.165, 1.54) is 0 Å². The van der Waals surface area contributed by atoms with Crippen LogP contribution in [0.3, 0.4) is 0 Å². The maximum absolute atomic E-state index is 12.4. The fraction of sp³-hybridized carbons (Fsp3) is 0.526. The molecule has 8 heteroatoms. The molecule has 1 N–H and O–H groups in total. The minimum Gasteiger partial charge on any atom is -0.383 e. The predicted molar refractivity (Wildman–Crippen MR) is 102 cm³/mol. The number of hydrogen-bond donors (Lipinski definition) is 1. The highest BCUT2D eigenvalue weighted by Gasteiger charge is 2.27. The molecule has 2 atom stereocenters. The van der Waals surface area contributed by atoms with Crippen molar-refractivity contribution in [2.75, 3.05) is 26.8 Å². The Balaban J connectivity index is 1.56. The van der Waals surface area contributed by atoms with E-state index in [0.717, 1.165) is 24.9 Å². The summed E-state index contributed by atoms with van der Waals surface area (Å²) in [5, 5.41) is 7.73. The smallest absolute Gasteiger partial charge is 0.241 e. The Kier molecular flexibility index (Phi) is 6.82. The topological polar surface area (TPSA) is 80.5 Å². The number of nitrogens with zero attached hydrogens (tertiary/aromatic N) is 3. The van der Waals surface area contributed by atoms with Crippen LogP contribution >= 0.6 is 11.6 Å². The van der Waals surface area contributed by atoms with Gasteiger partial charge in [0.15, 0.2) is 0 Å². The first-order valence-electron chi connectivity index (χ1n) is 9.15. The molecule has 7 nitrogen and oxygen atoms in total. The van der Waals surface area contributed by atoms with Crippen molar-refractivity contribution in [3.63, 3.8) is 0 Å². The average molecular weight is 393 g/mol. The lowest BCUT2D eigenvalue weighted by Crippen LogP contribution is -2.46. The quantitative estimate of drug-likeness (QED) is 0.780. The number of amides is 1. The number of aromatic nitrogens is 2. The van der Waals surface area contributed by atoms with Gasteiger partial charge in [-0.2, -0.15) is 4.98 Å². The van der Waals surface area contributed by atoms with Crippen LogP contribution in [-0.4, -0.2) is 53.8 Å². The average Bonchev–Trinajstić information content (AvgIpc) is 3.11. The van der Waals surface area contributed by atoms with Crippen molar-refractivity contribution in [2.45, 2.75) is 32.4 Å². The Labute approximate surface area is 164 Å². The number of likely N-dealkylation sites (tertiary alicyclic amines) is 1. The number of benzene rings is 1. The van der Waals surface area contributed by atoms with Crippen LogP contribution in [0.2, 0.25) is 5.02 Å². The van der Waals surface area contributed by atoms with Gasteiger partial charge in [0.2, 0.25) is 17.6 Å². The summed E-state index contributed by atoms with van der Waals surface area (Å²) in [5.41, 5.74) is 0.859. The first-order valence-corrected chi connectivity index (χ1v) is 9.53. The van der Waals surface area contributed by atoms with E-state index >= 15 is 0 Å². The molecule has 0 saturated carbocycles. The molecule has 0 spiro atoms. The van der Waals surface area contributed by atoms with E-state index in [4.69, 9.17) is 20.9 Å². The molecule has 1 aliphatic rings. The highest BCUT2D eigenvalue weighted by molar-refractivity contribution is 6.30. The Bertz CT molecular complexity index is 750. The molecule has 1 aromatic heterocycles. The summed E-state index contributed by atoms with van der Waals surface area (Å²) in [4.78, 5) is 19.1. The molecule has 0 aliphatic carbocycles. The van der Waals surface area contributed by atoms with Crippen LogP contribution in [0, 0.1) is 5.92 Å². The molecule has 2 aromatic rings. The van der Waals surface area contributed by atoms with Gasteiger partial charge < -0.3 is 14.6 Å². The molecule has 1 aliphatic heterocycles. The van der Waals surface area contributed by atoms with E-state index in [0.29, 0.717) is 36.4 Å². The zero-order valence-electron chi connectivity index (χ0n) is 15.7. The van der Waals surface area contributed by atoms with Crippen LogP contribution in [0.25, 0.3) is 11.4 Å². The first kappa shape index (κ1) is 19.8. The zero-order chi connectivity index (χ0) is 19.2. The molecule has 1 amide bonds. The lowest BCUT2D eigenvalue weighted by atomic mass is 9.97. The van der Waals surface area contributed by atoms with Crippen LogP contribution in [0.15, 0.2) is 28.8 Å². The van der Waals surface area contributed by atoms with Gasteiger partial charge in [-0.15, -0.1) is 0 Å². The second-order valence-corrected chi connectivity index (χ2v) is 7.39. The summed E-state index contributed by atoms with van der Waals surface area (Å²) >= 11 is 5.91. The summed E-state index contributed by atoms with van der Waals surface area (Å²) in [6, 6.07) is 7.32. The number of piperidine rings is 1. The van der Waals surface area contributed by atoms with Gasteiger partial charge in [0, 0.05) is 30.3 Å². The minimum atomic E-state index is -0.0308. The lowest BCUT2D eigenvalue weighted by molar-refractivity contribution is -0.127. The molecular weight excluding hydrogens is 368 g/mol. The third kappa shape index (κ3) is 5.51. The normalized spacial score (nSPS) is 19.0. The van der Waals surface area contributed by atoms with Crippen molar-refractivity contribution in [3.05, 3.63) is 35.2 Å². The molecule has 2 unspecified atom stereocenters. The van der Waals surface area contributed by atoms with Crippen LogP contribution in [-0.2, 0) is 16.1 Å². The zero-order valence-corrected chi connectivity index (χ0v) is 16.4. The number of rotatable bonds is 7. The standard InChI is InChI=1S/C19H25ClN4O3/c1-13(12-26-2)21-19(25)15-4-3-9-24(10-15)11-17-22-18(23-27-17)14-5-7-16(20)8-6-14/h5-8,13,15H,3-4,9-12H2,1-2H3,(H,21,25). The van der Waals surface area contributed by atoms with Crippen molar-refractivity contribution in [2.24, 2.45) is 5.92 Å². The number of halogens is 1. The van der Waals surface area contributed by atoms with Gasteiger partial charge in [-0.25, -0.2) is 0 Å². The Morgan fingerprint density at radius 3 is 2.96 bits per heavy atom. The number of nitrogens with one attached hydrogen (secondary N) is 1. The number of ether oxygens (including phenoxy) is 1. The second-order valence-electron chi connectivity index (χ2n) is 6.96. The maximum atomic E-state index is 12.4. The van der Waals surface area contributed by atoms with Gasteiger partial charge in [0.05, 0.1) is 19.1 Å². The lowest BCUT2D eigenvalue weighted by Gasteiger charge is -2.31. The highest BCUT2D eigenvalue weighted by atomic mass is 35.5. The van der Waals surface area contributed by atoms with Gasteiger partial charge >= 0.3 is 0 Å². The molecular formula is C19H25ClN4O3. The van der Waals surface area contributed by atoms with Gasteiger partial charge in [-0.1, -0.05) is 16.8 Å². The van der Waals surface area contributed by atoms with Gasteiger partial charge in [0.25, 0.3) is 0 Å². The first-order chi connectivity index (χ1) is 13.0. The van der Waals surface area contributed by atoms with Crippen molar-refractivity contribution < 1.29 is 14.1 Å². The van der Waals surface area contributed by atoms with Crippen LogP contribution in [0.4, 0.5) is 0 Å². The Morgan fingerprint density at radius 2 is 2.22 bits per heavy atom. The van der Waals surface area contributed by atoms with Gasteiger partial charge in [0.1, 0.15) is 0 Å². The summed E-state index contributed by atoms with van der Waals surface area (Å²) in [5.74, 6) is 1.14. The number of carbonyl (C=O) groups is 1. The Hall–Kier alpha value is -1.96. The molecule has 27 heavy (non-hydrogen) atoms. The van der Waals surface area contributed by atoms with Crippen molar-refractivity contribution >= 4 is 17.5 Å². The molecule has 146 valence electrons. The molecule has 1 fully saturated rings. The minimum absolute atomic E-state index is 0.00995. The molecule has 0 radical (unpaired) electrons. The predicted octanol–water partition coefficient (Wildman–Crippen LogP) is 2.75. The molecule has 2 heterocycles. The van der Waals surface area contributed by atoms with E-state index in [-0.39, 0.29) is 17.9 Å². The third-order valence-corrected chi connectivity index (χ3v) is 4.86. The van der Waals surface area contributed by atoms with E-state index in [2.05, 4.69) is 20.4 Å². The molecule has 1 aromatic carbocycles. The monoisotopic (exact) mass is 392 g/mol. The number of hydrogen-bond acceptors (Lipinski definition) is 6. The van der Waals surface area contributed by atoms with Crippen molar-refractivity contribution in [3.8, 4) is 11.4 Å². The molecule has 0 bridgehead atoms. The largest absolute Gasteiger partial charge is 0.383 e. The van der Waals surface area contributed by atoms with Crippen molar-refractivity contribution in [1.82, 2.24) is 20.4 Å². The molecule has 3 rings (SSSR count). The summed E-state index contributed by atoms with van der Waals surface area (Å²) in [7, 11) is 1.63. The van der Waals surface area contributed by atoms with Crippen LogP contribution in [0.1, 0.15) is 25.7 Å². The van der Waals surface area contributed by atoms with Gasteiger partial charge in [-0.3, -0.25) is 9.69 Å². The van der Waals surface area contributed by atoms with Crippen molar-refractivity contribution in [1.29, 1.82) is 0 Å². The highest BCUT2D eigenvalue weighted by Crippen LogP contribution is 2.21. The van der Waals surface area contributed by atoms with E-state index in [1.54, 1.807) is 19.2 Å². The third-order valence-electron chi connectivity index (χ3n) is 4.61. The maximum Gasteiger partial charge on any atom is 0.241 e. The second kappa shape index (κ2) is 9.30. The number of carbonyl (C=O) groups excluding carboxylic acids is 1. The SMILES string of the molecule is COCC(C)NC(=O)C1CCCN(Cc2nc(-c3ccc(Cl)cc3)no2)C1.